The lowest BCUT2D eigenvalue weighted by Gasteiger charge is -2.36. The Morgan fingerprint density at radius 2 is 1.75 bits per heavy atom. The first-order chi connectivity index (χ1) is 5.47. The van der Waals surface area contributed by atoms with Gasteiger partial charge in [-0.2, -0.15) is 0 Å². The van der Waals surface area contributed by atoms with E-state index in [-0.39, 0.29) is 12.8 Å². The molecule has 1 aliphatic rings. The van der Waals surface area contributed by atoms with Crippen molar-refractivity contribution >= 4 is 0 Å². The highest BCUT2D eigenvalue weighted by Gasteiger charge is 2.41. The Kier molecular flexibility index (Phi) is 2.68. The molecule has 0 spiro atoms. The molecule has 1 rings (SSSR count). The number of methoxy groups -OCH3 is 1. The zero-order valence-corrected chi connectivity index (χ0v) is 7.28. The highest BCUT2D eigenvalue weighted by molar-refractivity contribution is 4.92. The van der Waals surface area contributed by atoms with Gasteiger partial charge in [0.15, 0.2) is 0 Å². The smallest absolute Gasteiger partial charge is 0.248 e. The molecule has 1 aliphatic carbocycles. The van der Waals surface area contributed by atoms with Crippen LogP contribution in [0.1, 0.15) is 25.7 Å². The fourth-order valence-corrected chi connectivity index (χ4v) is 1.55. The Labute approximate surface area is 71.1 Å². The summed E-state index contributed by atoms with van der Waals surface area (Å²) in [5.41, 5.74) is 5.31. The summed E-state index contributed by atoms with van der Waals surface area (Å²) < 4.78 is 30.3. The highest BCUT2D eigenvalue weighted by Crippen LogP contribution is 2.37. The van der Waals surface area contributed by atoms with Crippen molar-refractivity contribution in [2.24, 2.45) is 5.73 Å². The topological polar surface area (TPSA) is 35.2 Å². The van der Waals surface area contributed by atoms with Gasteiger partial charge in [0, 0.05) is 25.5 Å². The summed E-state index contributed by atoms with van der Waals surface area (Å²) in [5.74, 6) is -2.50. The Balaban J connectivity index is 2.44. The molecule has 0 aromatic rings. The van der Waals surface area contributed by atoms with Crippen molar-refractivity contribution < 1.29 is 13.5 Å². The third-order valence-corrected chi connectivity index (χ3v) is 2.41. The summed E-state index contributed by atoms with van der Waals surface area (Å²) in [7, 11) is 1.54. The van der Waals surface area contributed by atoms with Gasteiger partial charge in [-0.15, -0.1) is 0 Å². The van der Waals surface area contributed by atoms with Gasteiger partial charge in [0.1, 0.15) is 0 Å². The summed E-state index contributed by atoms with van der Waals surface area (Å²) in [6, 6.07) is 0. The molecule has 0 unspecified atom stereocenters. The Hall–Kier alpha value is -0.220. The van der Waals surface area contributed by atoms with Gasteiger partial charge in [0.25, 0.3) is 0 Å². The minimum atomic E-state index is -2.50. The zero-order valence-electron chi connectivity index (χ0n) is 7.28. The zero-order chi connectivity index (χ0) is 9.24. The van der Waals surface area contributed by atoms with E-state index in [2.05, 4.69) is 0 Å². The van der Waals surface area contributed by atoms with Gasteiger partial charge in [-0.05, 0) is 12.8 Å². The number of hydrogen-bond acceptors (Lipinski definition) is 2. The number of rotatable bonds is 2. The van der Waals surface area contributed by atoms with Gasteiger partial charge in [-0.3, -0.25) is 0 Å². The monoisotopic (exact) mass is 179 g/mol. The van der Waals surface area contributed by atoms with Crippen LogP contribution in [0.3, 0.4) is 0 Å². The first-order valence-corrected chi connectivity index (χ1v) is 4.13. The third-order valence-electron chi connectivity index (χ3n) is 2.41. The molecule has 0 saturated heterocycles. The van der Waals surface area contributed by atoms with Crippen molar-refractivity contribution in [3.63, 3.8) is 0 Å². The van der Waals surface area contributed by atoms with Crippen LogP contribution in [-0.2, 0) is 4.74 Å². The average Bonchev–Trinajstić information content (AvgIpc) is 1.98. The highest BCUT2D eigenvalue weighted by atomic mass is 19.3. The van der Waals surface area contributed by atoms with Crippen LogP contribution in [0.25, 0.3) is 0 Å². The first-order valence-electron chi connectivity index (χ1n) is 4.13. The Bertz CT molecular complexity index is 151. The van der Waals surface area contributed by atoms with Crippen molar-refractivity contribution in [2.75, 3.05) is 13.7 Å². The SMILES string of the molecule is COCC1(N)CCC(F)(F)CC1. The van der Waals surface area contributed by atoms with E-state index in [1.54, 1.807) is 7.11 Å². The predicted octanol–water partition coefficient (Wildman–Crippen LogP) is 1.54. The lowest BCUT2D eigenvalue weighted by Crippen LogP contribution is -2.49. The summed E-state index contributed by atoms with van der Waals surface area (Å²) in [5, 5.41) is 0. The van der Waals surface area contributed by atoms with E-state index >= 15 is 0 Å². The number of hydrogen-bond donors (Lipinski definition) is 1. The molecule has 0 aliphatic heterocycles. The van der Waals surface area contributed by atoms with Crippen molar-refractivity contribution in [3.05, 3.63) is 0 Å². The number of halogens is 2. The lowest BCUT2D eigenvalue weighted by molar-refractivity contribution is -0.0597. The van der Waals surface area contributed by atoms with Crippen LogP contribution < -0.4 is 5.73 Å². The van der Waals surface area contributed by atoms with E-state index in [9.17, 15) is 8.78 Å². The molecule has 0 atom stereocenters. The van der Waals surface area contributed by atoms with Crippen molar-refractivity contribution in [1.82, 2.24) is 0 Å². The van der Waals surface area contributed by atoms with Crippen molar-refractivity contribution in [3.8, 4) is 0 Å². The Morgan fingerprint density at radius 3 is 2.17 bits per heavy atom. The normalized spacial score (nSPS) is 27.0. The number of ether oxygens (including phenoxy) is 1. The van der Waals surface area contributed by atoms with Gasteiger partial charge in [0.2, 0.25) is 5.92 Å². The van der Waals surface area contributed by atoms with E-state index in [0.29, 0.717) is 19.4 Å². The average molecular weight is 179 g/mol. The Morgan fingerprint density at radius 1 is 1.25 bits per heavy atom. The fraction of sp³-hybridized carbons (Fsp3) is 1.00. The van der Waals surface area contributed by atoms with Crippen LogP contribution in [0.15, 0.2) is 0 Å². The van der Waals surface area contributed by atoms with Gasteiger partial charge in [-0.1, -0.05) is 0 Å². The van der Waals surface area contributed by atoms with Crippen LogP contribution in [0.5, 0.6) is 0 Å². The van der Waals surface area contributed by atoms with Gasteiger partial charge in [-0.25, -0.2) is 8.78 Å². The minimum absolute atomic E-state index is 0.104. The second kappa shape index (κ2) is 3.26. The maximum Gasteiger partial charge on any atom is 0.248 e. The molecule has 0 heterocycles. The predicted molar refractivity (Wildman–Crippen MR) is 42.2 cm³/mol. The summed E-state index contributed by atoms with van der Waals surface area (Å²) in [6.45, 7) is 0.378. The molecule has 0 aromatic heterocycles. The largest absolute Gasteiger partial charge is 0.383 e. The molecular weight excluding hydrogens is 164 g/mol. The van der Waals surface area contributed by atoms with Crippen LogP contribution in [0.2, 0.25) is 0 Å². The summed E-state index contributed by atoms with van der Waals surface area (Å²) in [4.78, 5) is 0. The molecule has 0 radical (unpaired) electrons. The lowest BCUT2D eigenvalue weighted by atomic mass is 9.81. The molecule has 1 fully saturated rings. The molecule has 2 N–H and O–H groups in total. The van der Waals surface area contributed by atoms with Gasteiger partial charge >= 0.3 is 0 Å². The second-order valence-corrected chi connectivity index (χ2v) is 3.65. The van der Waals surface area contributed by atoms with Crippen LogP contribution >= 0.6 is 0 Å². The summed E-state index contributed by atoms with van der Waals surface area (Å²) >= 11 is 0. The molecule has 0 aromatic carbocycles. The van der Waals surface area contributed by atoms with E-state index < -0.39 is 11.5 Å². The van der Waals surface area contributed by atoms with Crippen molar-refractivity contribution in [2.45, 2.75) is 37.1 Å². The third kappa shape index (κ3) is 2.38. The van der Waals surface area contributed by atoms with Crippen molar-refractivity contribution in [1.29, 1.82) is 0 Å². The molecule has 2 nitrogen and oxygen atoms in total. The maximum absolute atomic E-state index is 12.7. The van der Waals surface area contributed by atoms with Crippen LogP contribution in [0, 0.1) is 0 Å². The van der Waals surface area contributed by atoms with Crippen LogP contribution in [-0.4, -0.2) is 25.2 Å². The molecule has 0 bridgehead atoms. The van der Waals surface area contributed by atoms with Crippen LogP contribution in [0.4, 0.5) is 8.78 Å². The number of nitrogens with two attached hydrogens (primary N) is 1. The summed E-state index contributed by atoms with van der Waals surface area (Å²) in [6.07, 6.45) is 0.501. The number of alkyl halides is 2. The van der Waals surface area contributed by atoms with E-state index in [0.717, 1.165) is 0 Å². The molecule has 72 valence electrons. The molecule has 1 saturated carbocycles. The van der Waals surface area contributed by atoms with E-state index in [4.69, 9.17) is 10.5 Å². The fourth-order valence-electron chi connectivity index (χ4n) is 1.55. The van der Waals surface area contributed by atoms with Gasteiger partial charge in [0.05, 0.1) is 6.61 Å². The second-order valence-electron chi connectivity index (χ2n) is 3.65. The molecule has 0 amide bonds. The molecule has 4 heteroatoms. The van der Waals surface area contributed by atoms with E-state index in [1.807, 2.05) is 0 Å². The van der Waals surface area contributed by atoms with E-state index in [1.165, 1.54) is 0 Å². The first kappa shape index (κ1) is 9.86. The quantitative estimate of drug-likeness (QED) is 0.697. The molecular formula is C8H15F2NO. The molecule has 12 heavy (non-hydrogen) atoms. The van der Waals surface area contributed by atoms with Gasteiger partial charge < -0.3 is 10.5 Å². The maximum atomic E-state index is 12.7. The standard InChI is InChI=1S/C8H15F2NO/c1-12-6-7(11)2-4-8(9,10)5-3-7/h2-6,11H2,1H3. The minimum Gasteiger partial charge on any atom is -0.383 e.